The van der Waals surface area contributed by atoms with Crippen LogP contribution in [-0.4, -0.2) is 13.3 Å². The fraction of sp³-hybridized carbons (Fsp3) is 0.750. The molecule has 0 saturated carbocycles. The molecule has 0 aliphatic rings. The second kappa shape index (κ2) is 4.05. The van der Waals surface area contributed by atoms with Gasteiger partial charge in [-0.15, -0.1) is 0 Å². The van der Waals surface area contributed by atoms with Crippen LogP contribution in [0.25, 0.3) is 0 Å². The van der Waals surface area contributed by atoms with Crippen molar-refractivity contribution in [1.29, 1.82) is 5.26 Å². The fourth-order valence-corrected chi connectivity index (χ4v) is 0.792. The van der Waals surface area contributed by atoms with Gasteiger partial charge in [0.25, 0.3) is 0 Å². The van der Waals surface area contributed by atoms with Gasteiger partial charge in [-0.05, 0) is 6.42 Å². The average Bonchev–Trinajstić information content (AvgIpc) is 1.84. The van der Waals surface area contributed by atoms with Crippen molar-refractivity contribution >= 4 is 6.21 Å². The van der Waals surface area contributed by atoms with E-state index in [-0.39, 0.29) is 5.41 Å². The third-order valence-corrected chi connectivity index (χ3v) is 1.36. The Labute approximate surface area is 62.6 Å². The lowest BCUT2D eigenvalue weighted by Crippen LogP contribution is -2.12. The molecule has 0 aromatic heterocycles. The van der Waals surface area contributed by atoms with Crippen LogP contribution in [0.5, 0.6) is 0 Å². The van der Waals surface area contributed by atoms with E-state index in [0.29, 0.717) is 6.42 Å². The van der Waals surface area contributed by atoms with Crippen molar-refractivity contribution in [1.82, 2.24) is 0 Å². The van der Waals surface area contributed by atoms with E-state index in [9.17, 15) is 0 Å². The van der Waals surface area contributed by atoms with Crippen LogP contribution < -0.4 is 0 Å². The Morgan fingerprint density at radius 1 is 1.60 bits per heavy atom. The first-order valence-electron chi connectivity index (χ1n) is 3.42. The summed E-state index contributed by atoms with van der Waals surface area (Å²) >= 11 is 0. The van der Waals surface area contributed by atoms with Crippen LogP contribution in [0.2, 0.25) is 0 Å². The number of aliphatic imine (C=N–C) groups is 1. The molecule has 10 heavy (non-hydrogen) atoms. The Balaban J connectivity index is 3.77. The van der Waals surface area contributed by atoms with Crippen molar-refractivity contribution in [2.75, 3.05) is 7.05 Å². The molecule has 0 heterocycles. The molecule has 0 aliphatic carbocycles. The normalized spacial score (nSPS) is 11.8. The van der Waals surface area contributed by atoms with E-state index in [4.69, 9.17) is 5.26 Å². The number of nitriles is 1. The van der Waals surface area contributed by atoms with Crippen molar-refractivity contribution in [3.63, 3.8) is 0 Å². The highest BCUT2D eigenvalue weighted by molar-refractivity contribution is 5.64. The van der Waals surface area contributed by atoms with E-state index in [0.717, 1.165) is 6.42 Å². The highest BCUT2D eigenvalue weighted by Gasteiger charge is 2.12. The van der Waals surface area contributed by atoms with E-state index in [1.54, 1.807) is 7.05 Å². The zero-order chi connectivity index (χ0) is 8.04. The summed E-state index contributed by atoms with van der Waals surface area (Å²) in [5.41, 5.74) is 0.0878. The van der Waals surface area contributed by atoms with Crippen LogP contribution in [0.4, 0.5) is 0 Å². The van der Waals surface area contributed by atoms with Crippen LogP contribution in [0.15, 0.2) is 4.99 Å². The molecular weight excluding hydrogens is 124 g/mol. The lowest BCUT2D eigenvalue weighted by atomic mass is 9.90. The first-order chi connectivity index (χ1) is 4.62. The minimum Gasteiger partial charge on any atom is -0.300 e. The topological polar surface area (TPSA) is 36.1 Å². The van der Waals surface area contributed by atoms with E-state index in [1.807, 2.05) is 6.21 Å². The molecule has 0 radical (unpaired) electrons. The smallest absolute Gasteiger partial charge is 0.0622 e. The van der Waals surface area contributed by atoms with Gasteiger partial charge in [-0.1, -0.05) is 13.8 Å². The van der Waals surface area contributed by atoms with E-state index in [1.165, 1.54) is 0 Å². The lowest BCUT2D eigenvalue weighted by molar-refractivity contribution is 0.494. The number of hydrogen-bond acceptors (Lipinski definition) is 2. The first kappa shape index (κ1) is 9.16. The summed E-state index contributed by atoms with van der Waals surface area (Å²) in [5.74, 6) is 0. The minimum atomic E-state index is 0.0878. The summed E-state index contributed by atoms with van der Waals surface area (Å²) in [6.07, 6.45) is 3.39. The van der Waals surface area contributed by atoms with Crippen LogP contribution >= 0.6 is 0 Å². The summed E-state index contributed by atoms with van der Waals surface area (Å²) in [7, 11) is 1.76. The van der Waals surface area contributed by atoms with Crippen molar-refractivity contribution in [2.24, 2.45) is 10.4 Å². The van der Waals surface area contributed by atoms with Crippen LogP contribution in [0, 0.1) is 16.7 Å². The fourth-order valence-electron chi connectivity index (χ4n) is 0.792. The third-order valence-electron chi connectivity index (χ3n) is 1.36. The molecule has 0 bridgehead atoms. The minimum absolute atomic E-state index is 0.0878. The van der Waals surface area contributed by atoms with Crippen molar-refractivity contribution < 1.29 is 0 Å². The summed E-state index contributed by atoms with van der Waals surface area (Å²) in [4.78, 5) is 3.93. The molecule has 0 atom stereocenters. The molecule has 0 amide bonds. The predicted octanol–water partition coefficient (Wildman–Crippen LogP) is 2.02. The van der Waals surface area contributed by atoms with Gasteiger partial charge < -0.3 is 4.99 Å². The van der Waals surface area contributed by atoms with Gasteiger partial charge in [0.2, 0.25) is 0 Å². The van der Waals surface area contributed by atoms with Gasteiger partial charge in [-0.3, -0.25) is 0 Å². The molecule has 0 unspecified atom stereocenters. The van der Waals surface area contributed by atoms with Crippen LogP contribution in [0.3, 0.4) is 0 Å². The maximum atomic E-state index is 8.30. The monoisotopic (exact) mass is 138 g/mol. The Hall–Kier alpha value is -0.840. The zero-order valence-corrected chi connectivity index (χ0v) is 6.89. The van der Waals surface area contributed by atoms with Gasteiger partial charge in [0.15, 0.2) is 0 Å². The molecule has 0 N–H and O–H groups in total. The van der Waals surface area contributed by atoms with Gasteiger partial charge in [0, 0.05) is 25.1 Å². The second-order valence-electron chi connectivity index (χ2n) is 3.03. The van der Waals surface area contributed by atoms with E-state index in [2.05, 4.69) is 24.9 Å². The standard InChI is InChI=1S/C8H14N2/c1-8(2,7-10-3)5-4-6-9/h7H,4-5H2,1-3H3. The Morgan fingerprint density at radius 2 is 2.20 bits per heavy atom. The molecule has 0 aromatic carbocycles. The number of nitrogens with zero attached hydrogens (tertiary/aromatic N) is 2. The molecule has 0 aromatic rings. The zero-order valence-electron chi connectivity index (χ0n) is 6.89. The van der Waals surface area contributed by atoms with Gasteiger partial charge >= 0.3 is 0 Å². The van der Waals surface area contributed by atoms with E-state index < -0.39 is 0 Å². The molecule has 0 fully saturated rings. The maximum Gasteiger partial charge on any atom is 0.0622 e. The van der Waals surface area contributed by atoms with Gasteiger partial charge in [-0.25, -0.2) is 0 Å². The Morgan fingerprint density at radius 3 is 2.60 bits per heavy atom. The highest BCUT2D eigenvalue weighted by atomic mass is 14.6. The number of hydrogen-bond donors (Lipinski definition) is 0. The Bertz CT molecular complexity index is 151. The summed E-state index contributed by atoms with van der Waals surface area (Å²) in [6.45, 7) is 4.16. The average molecular weight is 138 g/mol. The lowest BCUT2D eigenvalue weighted by Gasteiger charge is -2.15. The largest absolute Gasteiger partial charge is 0.300 e. The van der Waals surface area contributed by atoms with Crippen LogP contribution in [-0.2, 0) is 0 Å². The quantitative estimate of drug-likeness (QED) is 0.549. The maximum absolute atomic E-state index is 8.30. The predicted molar refractivity (Wildman–Crippen MR) is 43.0 cm³/mol. The molecule has 0 rings (SSSR count). The van der Waals surface area contributed by atoms with Gasteiger partial charge in [-0.2, -0.15) is 5.26 Å². The van der Waals surface area contributed by atoms with Crippen molar-refractivity contribution in [2.45, 2.75) is 26.7 Å². The highest BCUT2D eigenvalue weighted by Crippen LogP contribution is 2.18. The third kappa shape index (κ3) is 4.08. The van der Waals surface area contributed by atoms with E-state index >= 15 is 0 Å². The molecule has 2 nitrogen and oxygen atoms in total. The summed E-state index contributed by atoms with van der Waals surface area (Å²) in [5, 5.41) is 8.30. The van der Waals surface area contributed by atoms with Crippen molar-refractivity contribution in [3.8, 4) is 6.07 Å². The molecule has 56 valence electrons. The molecule has 2 heteroatoms. The number of rotatable bonds is 3. The summed E-state index contributed by atoms with van der Waals surface area (Å²) in [6, 6.07) is 2.12. The van der Waals surface area contributed by atoms with Gasteiger partial charge in [0.05, 0.1) is 6.07 Å². The van der Waals surface area contributed by atoms with Gasteiger partial charge in [0.1, 0.15) is 0 Å². The SMILES string of the molecule is CN=CC(C)(C)CCC#N. The van der Waals surface area contributed by atoms with Crippen LogP contribution in [0.1, 0.15) is 26.7 Å². The molecule has 0 saturated heterocycles. The van der Waals surface area contributed by atoms with Crippen molar-refractivity contribution in [3.05, 3.63) is 0 Å². The molecule has 0 spiro atoms. The first-order valence-corrected chi connectivity index (χ1v) is 3.42. The molecule has 0 aliphatic heterocycles. The Kier molecular flexibility index (Phi) is 3.71. The molecular formula is C8H14N2. The second-order valence-corrected chi connectivity index (χ2v) is 3.03. The summed E-state index contributed by atoms with van der Waals surface area (Å²) < 4.78 is 0.